The number of fused-ring (bicyclic) bond motifs is 1. The SMILES string of the molecule is OCCOc1ccccc1-c1nccn1CC[C@@H]1CCCN2CCCC[C@H]12. The number of imidazole rings is 1. The van der Waals surface area contributed by atoms with Gasteiger partial charge < -0.3 is 19.3 Å². The van der Waals surface area contributed by atoms with Gasteiger partial charge in [-0.15, -0.1) is 0 Å². The van der Waals surface area contributed by atoms with Crippen LogP contribution in [-0.2, 0) is 6.54 Å². The maximum Gasteiger partial charge on any atom is 0.143 e. The first-order valence-electron chi connectivity index (χ1n) is 10.4. The molecule has 0 aliphatic carbocycles. The molecule has 1 aromatic carbocycles. The zero-order chi connectivity index (χ0) is 18.5. The molecule has 27 heavy (non-hydrogen) atoms. The van der Waals surface area contributed by atoms with Gasteiger partial charge in [0, 0.05) is 25.0 Å². The number of hydrogen-bond donors (Lipinski definition) is 1. The van der Waals surface area contributed by atoms with Crippen LogP contribution in [0.4, 0.5) is 0 Å². The van der Waals surface area contributed by atoms with Gasteiger partial charge in [-0.1, -0.05) is 18.6 Å². The minimum Gasteiger partial charge on any atom is -0.490 e. The van der Waals surface area contributed by atoms with Crippen LogP contribution in [0.2, 0.25) is 0 Å². The number of rotatable bonds is 7. The number of aromatic nitrogens is 2. The van der Waals surface area contributed by atoms with Crippen molar-refractivity contribution in [1.82, 2.24) is 14.5 Å². The predicted octanol–water partition coefficient (Wildman–Crippen LogP) is 3.58. The predicted molar refractivity (Wildman–Crippen MR) is 107 cm³/mol. The van der Waals surface area contributed by atoms with Gasteiger partial charge in [-0.25, -0.2) is 4.98 Å². The van der Waals surface area contributed by atoms with Crippen molar-refractivity contribution in [2.24, 2.45) is 5.92 Å². The van der Waals surface area contributed by atoms with E-state index in [9.17, 15) is 0 Å². The van der Waals surface area contributed by atoms with E-state index in [0.717, 1.165) is 35.6 Å². The summed E-state index contributed by atoms with van der Waals surface area (Å²) in [4.78, 5) is 7.35. The van der Waals surface area contributed by atoms with Crippen LogP contribution in [0, 0.1) is 5.92 Å². The number of benzene rings is 1. The number of aryl methyl sites for hydroxylation is 1. The van der Waals surface area contributed by atoms with E-state index in [4.69, 9.17) is 9.84 Å². The van der Waals surface area contributed by atoms with E-state index in [1.165, 1.54) is 51.6 Å². The van der Waals surface area contributed by atoms with Crippen LogP contribution in [0.5, 0.6) is 5.75 Å². The molecule has 2 saturated heterocycles. The molecule has 146 valence electrons. The second kappa shape index (κ2) is 8.89. The number of hydrogen-bond acceptors (Lipinski definition) is 4. The highest BCUT2D eigenvalue weighted by molar-refractivity contribution is 5.64. The molecule has 2 aliphatic rings. The fourth-order valence-electron chi connectivity index (χ4n) is 4.89. The Morgan fingerprint density at radius 1 is 1.11 bits per heavy atom. The minimum absolute atomic E-state index is 0.0162. The van der Waals surface area contributed by atoms with Crippen molar-refractivity contribution in [3.63, 3.8) is 0 Å². The summed E-state index contributed by atoms with van der Waals surface area (Å²) in [6, 6.07) is 8.77. The van der Waals surface area contributed by atoms with Gasteiger partial charge in [0.1, 0.15) is 18.2 Å². The monoisotopic (exact) mass is 369 g/mol. The van der Waals surface area contributed by atoms with Gasteiger partial charge in [0.25, 0.3) is 0 Å². The van der Waals surface area contributed by atoms with Crippen molar-refractivity contribution in [3.8, 4) is 17.1 Å². The van der Waals surface area contributed by atoms with Gasteiger partial charge in [-0.05, 0) is 63.2 Å². The number of piperidine rings is 2. The molecule has 0 saturated carbocycles. The lowest BCUT2D eigenvalue weighted by molar-refractivity contribution is 0.0539. The van der Waals surface area contributed by atoms with Crippen LogP contribution in [-0.4, -0.2) is 51.9 Å². The van der Waals surface area contributed by atoms with Crippen LogP contribution >= 0.6 is 0 Å². The molecule has 2 aromatic rings. The summed E-state index contributed by atoms with van der Waals surface area (Å²) < 4.78 is 7.99. The van der Waals surface area contributed by atoms with Crippen molar-refractivity contribution < 1.29 is 9.84 Å². The highest BCUT2D eigenvalue weighted by atomic mass is 16.5. The van der Waals surface area contributed by atoms with Gasteiger partial charge in [0.05, 0.1) is 12.2 Å². The van der Waals surface area contributed by atoms with E-state index in [1.54, 1.807) is 0 Å². The summed E-state index contributed by atoms with van der Waals surface area (Å²) in [5.41, 5.74) is 0.999. The van der Waals surface area contributed by atoms with E-state index in [0.29, 0.717) is 6.61 Å². The molecular weight excluding hydrogens is 338 g/mol. The molecule has 0 spiro atoms. The summed E-state index contributed by atoms with van der Waals surface area (Å²) in [5.74, 6) is 2.55. The highest BCUT2D eigenvalue weighted by Gasteiger charge is 2.32. The van der Waals surface area contributed by atoms with Crippen LogP contribution in [0.25, 0.3) is 11.4 Å². The third kappa shape index (κ3) is 4.19. The zero-order valence-corrected chi connectivity index (χ0v) is 16.1. The smallest absolute Gasteiger partial charge is 0.143 e. The van der Waals surface area contributed by atoms with Crippen molar-refractivity contribution in [3.05, 3.63) is 36.7 Å². The summed E-state index contributed by atoms with van der Waals surface area (Å²) in [7, 11) is 0. The maximum absolute atomic E-state index is 9.08. The number of para-hydroxylation sites is 1. The summed E-state index contributed by atoms with van der Waals surface area (Å²) in [6.45, 7) is 3.92. The number of aliphatic hydroxyl groups is 1. The van der Waals surface area contributed by atoms with Crippen LogP contribution in [0.3, 0.4) is 0 Å². The molecule has 2 fully saturated rings. The molecule has 2 atom stereocenters. The van der Waals surface area contributed by atoms with Crippen molar-refractivity contribution in [1.29, 1.82) is 0 Å². The third-order valence-electron chi connectivity index (χ3n) is 6.16. The molecule has 0 unspecified atom stereocenters. The van der Waals surface area contributed by atoms with Gasteiger partial charge >= 0.3 is 0 Å². The van der Waals surface area contributed by atoms with Gasteiger partial charge in [0.2, 0.25) is 0 Å². The number of aliphatic hydroxyl groups excluding tert-OH is 1. The quantitative estimate of drug-likeness (QED) is 0.811. The first-order valence-corrected chi connectivity index (χ1v) is 10.4. The standard InChI is InChI=1S/C22H31N3O2/c26-16-17-27-21-9-2-1-7-19(21)22-23-11-15-25(22)14-10-18-6-5-13-24-12-4-3-8-20(18)24/h1-2,7,9,11,15,18,20,26H,3-6,8,10,12-14,16-17H2/t18-,20+/m0/s1. The number of ether oxygens (including phenoxy) is 1. The van der Waals surface area contributed by atoms with Crippen molar-refractivity contribution in [2.75, 3.05) is 26.3 Å². The summed E-state index contributed by atoms with van der Waals surface area (Å²) >= 11 is 0. The molecule has 1 aromatic heterocycles. The van der Waals surface area contributed by atoms with Crippen LogP contribution in [0.1, 0.15) is 38.5 Å². The Kier molecular flexibility index (Phi) is 6.10. The Balaban J connectivity index is 1.47. The molecule has 4 rings (SSSR count). The fraction of sp³-hybridized carbons (Fsp3) is 0.591. The van der Waals surface area contributed by atoms with Gasteiger partial charge in [-0.3, -0.25) is 0 Å². The average molecular weight is 370 g/mol. The first-order chi connectivity index (χ1) is 13.4. The second-order valence-corrected chi connectivity index (χ2v) is 7.80. The number of nitrogens with zero attached hydrogens (tertiary/aromatic N) is 3. The third-order valence-corrected chi connectivity index (χ3v) is 6.16. The molecule has 5 heteroatoms. The molecule has 3 heterocycles. The summed E-state index contributed by atoms with van der Waals surface area (Å²) in [5, 5.41) is 9.08. The maximum atomic E-state index is 9.08. The first kappa shape index (κ1) is 18.5. The molecule has 5 nitrogen and oxygen atoms in total. The molecule has 2 aliphatic heterocycles. The lowest BCUT2D eigenvalue weighted by Crippen LogP contribution is -2.48. The van der Waals surface area contributed by atoms with Crippen LogP contribution in [0.15, 0.2) is 36.7 Å². The van der Waals surface area contributed by atoms with Gasteiger partial charge in [-0.2, -0.15) is 0 Å². The van der Waals surface area contributed by atoms with Crippen molar-refractivity contribution in [2.45, 2.75) is 51.1 Å². The summed E-state index contributed by atoms with van der Waals surface area (Å²) in [6.07, 6.45) is 12.0. The molecule has 1 N–H and O–H groups in total. The Hall–Kier alpha value is -1.85. The minimum atomic E-state index is 0.0162. The Morgan fingerprint density at radius 3 is 2.93 bits per heavy atom. The van der Waals surface area contributed by atoms with Crippen molar-refractivity contribution >= 4 is 0 Å². The van der Waals surface area contributed by atoms with E-state index in [2.05, 4.69) is 26.7 Å². The highest BCUT2D eigenvalue weighted by Crippen LogP contribution is 2.34. The van der Waals surface area contributed by atoms with E-state index in [1.807, 2.05) is 24.4 Å². The Labute approximate surface area is 162 Å². The normalized spacial score (nSPS) is 23.1. The van der Waals surface area contributed by atoms with E-state index < -0.39 is 0 Å². The zero-order valence-electron chi connectivity index (χ0n) is 16.1. The lowest BCUT2D eigenvalue weighted by Gasteiger charge is -2.44. The topological polar surface area (TPSA) is 50.5 Å². The second-order valence-electron chi connectivity index (χ2n) is 7.80. The largest absolute Gasteiger partial charge is 0.490 e. The fourth-order valence-corrected chi connectivity index (χ4v) is 4.89. The molecule has 0 bridgehead atoms. The Bertz CT molecular complexity index is 728. The van der Waals surface area contributed by atoms with E-state index >= 15 is 0 Å². The molecule has 0 amide bonds. The molecule has 0 radical (unpaired) electrons. The van der Waals surface area contributed by atoms with E-state index in [-0.39, 0.29) is 6.61 Å². The average Bonchev–Trinajstić information content (AvgIpc) is 3.19. The Morgan fingerprint density at radius 2 is 2.00 bits per heavy atom. The van der Waals surface area contributed by atoms with Gasteiger partial charge in [0.15, 0.2) is 0 Å². The lowest BCUT2D eigenvalue weighted by atomic mass is 9.81. The van der Waals surface area contributed by atoms with Crippen LogP contribution < -0.4 is 4.74 Å². The molecular formula is C22H31N3O2.